The summed E-state index contributed by atoms with van der Waals surface area (Å²) < 4.78 is 23.1. The number of amides is 2. The molecular weight excluding hydrogens is 366 g/mol. The van der Waals surface area contributed by atoms with Crippen molar-refractivity contribution < 1.29 is 18.0 Å². The summed E-state index contributed by atoms with van der Waals surface area (Å²) in [5, 5.41) is 2.93. The van der Waals surface area contributed by atoms with E-state index in [1.54, 1.807) is 24.4 Å². The number of hydrazine groups is 1. The van der Waals surface area contributed by atoms with E-state index in [1.807, 2.05) is 6.92 Å². The van der Waals surface area contributed by atoms with E-state index in [1.165, 1.54) is 28.3 Å². The number of sulfone groups is 1. The van der Waals surface area contributed by atoms with Gasteiger partial charge in [-0.15, -0.1) is 0 Å². The summed E-state index contributed by atoms with van der Waals surface area (Å²) >= 11 is 0. The Morgan fingerprint density at radius 1 is 1.07 bits per heavy atom. The maximum absolute atomic E-state index is 12.7. The highest BCUT2D eigenvalue weighted by Crippen LogP contribution is 2.18. The molecule has 1 aliphatic heterocycles. The molecule has 2 amide bonds. The van der Waals surface area contributed by atoms with Gasteiger partial charge in [0, 0.05) is 31.7 Å². The summed E-state index contributed by atoms with van der Waals surface area (Å²) in [7, 11) is -3.27. The quantitative estimate of drug-likeness (QED) is 0.796. The minimum atomic E-state index is -3.27. The second-order valence-electron chi connectivity index (χ2n) is 6.64. The van der Waals surface area contributed by atoms with Gasteiger partial charge < -0.3 is 0 Å². The second kappa shape index (κ2) is 7.48. The Kier molecular flexibility index (Phi) is 5.27. The van der Waals surface area contributed by atoms with Gasteiger partial charge in [-0.2, -0.15) is 0 Å². The van der Waals surface area contributed by atoms with Crippen molar-refractivity contribution in [1.29, 1.82) is 0 Å². The highest BCUT2D eigenvalue weighted by atomic mass is 32.2. The van der Waals surface area contributed by atoms with E-state index in [0.717, 1.165) is 11.8 Å². The topological polar surface area (TPSA) is 87.7 Å². The van der Waals surface area contributed by atoms with Gasteiger partial charge in [0.25, 0.3) is 5.91 Å². The molecule has 7 nitrogen and oxygen atoms in total. The van der Waals surface area contributed by atoms with E-state index in [2.05, 4.69) is 4.98 Å². The molecule has 3 rings (SSSR count). The van der Waals surface area contributed by atoms with Crippen molar-refractivity contribution in [2.45, 2.75) is 24.7 Å². The minimum Gasteiger partial charge on any atom is -0.273 e. The Bertz CT molecular complexity index is 971. The summed E-state index contributed by atoms with van der Waals surface area (Å²) in [6.07, 6.45) is 5.12. The Hall–Kier alpha value is -2.74. The highest BCUT2D eigenvalue weighted by molar-refractivity contribution is 7.90. The first-order valence-corrected chi connectivity index (χ1v) is 10.5. The third-order valence-electron chi connectivity index (χ3n) is 4.38. The van der Waals surface area contributed by atoms with Gasteiger partial charge in [0.05, 0.1) is 16.9 Å². The normalized spacial score (nSPS) is 14.4. The summed E-state index contributed by atoms with van der Waals surface area (Å²) in [5.74, 6) is -0.446. The molecule has 142 valence electrons. The molecule has 0 aliphatic carbocycles. The number of hydrogen-bond acceptors (Lipinski definition) is 5. The molecule has 1 fully saturated rings. The fourth-order valence-corrected chi connectivity index (χ4v) is 3.65. The smallest absolute Gasteiger partial charge is 0.273 e. The lowest BCUT2D eigenvalue weighted by Crippen LogP contribution is -2.45. The number of carbonyl (C=O) groups excluding carboxylic acids is 2. The van der Waals surface area contributed by atoms with Gasteiger partial charge in [-0.25, -0.2) is 13.4 Å². The standard InChI is InChI=1S/C19H21N3O4S/c1-14-10-16(13-20-12-14)19(24)22-9-3-8-21(22)18(23)11-15-4-6-17(7-5-15)27(2,25)26/h4-7,10,12-13H,3,8-9,11H2,1-2H3. The molecule has 0 unspecified atom stereocenters. The van der Waals surface area contributed by atoms with Crippen LogP contribution in [0.4, 0.5) is 0 Å². The van der Waals surface area contributed by atoms with E-state index in [9.17, 15) is 18.0 Å². The zero-order valence-electron chi connectivity index (χ0n) is 15.3. The summed E-state index contributed by atoms with van der Waals surface area (Å²) in [4.78, 5) is 29.7. The molecular formula is C19H21N3O4S. The van der Waals surface area contributed by atoms with E-state index < -0.39 is 9.84 Å². The molecule has 0 N–H and O–H groups in total. The molecule has 0 spiro atoms. The van der Waals surface area contributed by atoms with Crippen molar-refractivity contribution in [3.8, 4) is 0 Å². The van der Waals surface area contributed by atoms with Gasteiger partial charge in [0.2, 0.25) is 5.91 Å². The fraction of sp³-hybridized carbons (Fsp3) is 0.316. The van der Waals surface area contributed by atoms with Crippen LogP contribution in [0.3, 0.4) is 0 Å². The third-order valence-corrected chi connectivity index (χ3v) is 5.51. The molecule has 1 aromatic carbocycles. The number of aryl methyl sites for hydroxylation is 1. The maximum Gasteiger partial charge on any atom is 0.274 e. The first kappa shape index (κ1) is 19.0. The average molecular weight is 387 g/mol. The predicted octanol–water partition coefficient (Wildman–Crippen LogP) is 1.63. The van der Waals surface area contributed by atoms with Crippen LogP contribution in [0, 0.1) is 6.92 Å². The average Bonchev–Trinajstić information content (AvgIpc) is 3.10. The number of aromatic nitrogens is 1. The zero-order chi connectivity index (χ0) is 19.6. The van der Waals surface area contributed by atoms with Crippen LogP contribution >= 0.6 is 0 Å². The Morgan fingerprint density at radius 3 is 2.37 bits per heavy atom. The van der Waals surface area contributed by atoms with Crippen LogP contribution in [-0.2, 0) is 21.1 Å². The molecule has 1 aliphatic rings. The van der Waals surface area contributed by atoms with Gasteiger partial charge in [-0.05, 0) is 42.7 Å². The van der Waals surface area contributed by atoms with E-state index in [0.29, 0.717) is 30.6 Å². The van der Waals surface area contributed by atoms with Crippen molar-refractivity contribution in [1.82, 2.24) is 15.0 Å². The van der Waals surface area contributed by atoms with E-state index in [4.69, 9.17) is 0 Å². The van der Waals surface area contributed by atoms with Crippen molar-refractivity contribution in [3.63, 3.8) is 0 Å². The largest absolute Gasteiger partial charge is 0.274 e. The van der Waals surface area contributed by atoms with Crippen LogP contribution in [0.25, 0.3) is 0 Å². The van der Waals surface area contributed by atoms with Gasteiger partial charge in [0.15, 0.2) is 9.84 Å². The molecule has 0 radical (unpaired) electrons. The SMILES string of the molecule is Cc1cncc(C(=O)N2CCCN2C(=O)Cc2ccc(S(C)(=O)=O)cc2)c1. The summed E-state index contributed by atoms with van der Waals surface area (Å²) in [6, 6.07) is 7.98. The van der Waals surface area contributed by atoms with Crippen molar-refractivity contribution in [2.75, 3.05) is 19.3 Å². The molecule has 2 aromatic rings. The van der Waals surface area contributed by atoms with Crippen LogP contribution in [0.1, 0.15) is 27.9 Å². The molecule has 1 aromatic heterocycles. The number of rotatable bonds is 4. The van der Waals surface area contributed by atoms with Gasteiger partial charge >= 0.3 is 0 Å². The van der Waals surface area contributed by atoms with Crippen LogP contribution in [0.5, 0.6) is 0 Å². The fourth-order valence-electron chi connectivity index (χ4n) is 3.02. The molecule has 2 heterocycles. The number of benzene rings is 1. The number of pyridine rings is 1. The minimum absolute atomic E-state index is 0.0971. The Balaban J connectivity index is 1.73. The Morgan fingerprint density at radius 2 is 1.74 bits per heavy atom. The first-order valence-electron chi connectivity index (χ1n) is 8.58. The lowest BCUT2D eigenvalue weighted by molar-refractivity contribution is -0.139. The molecule has 0 saturated carbocycles. The molecule has 0 bridgehead atoms. The van der Waals surface area contributed by atoms with Crippen LogP contribution < -0.4 is 0 Å². The van der Waals surface area contributed by atoms with Crippen molar-refractivity contribution in [3.05, 3.63) is 59.4 Å². The highest BCUT2D eigenvalue weighted by Gasteiger charge is 2.31. The summed E-state index contributed by atoms with van der Waals surface area (Å²) in [5.41, 5.74) is 2.03. The van der Waals surface area contributed by atoms with Gasteiger partial charge in [-0.1, -0.05) is 12.1 Å². The molecule has 27 heavy (non-hydrogen) atoms. The monoisotopic (exact) mass is 387 g/mol. The van der Waals surface area contributed by atoms with Crippen LogP contribution in [0.2, 0.25) is 0 Å². The lowest BCUT2D eigenvalue weighted by atomic mass is 10.1. The zero-order valence-corrected chi connectivity index (χ0v) is 16.1. The molecule has 8 heteroatoms. The number of hydrogen-bond donors (Lipinski definition) is 0. The van der Waals surface area contributed by atoms with E-state index in [-0.39, 0.29) is 23.1 Å². The Labute approximate surface area is 158 Å². The lowest BCUT2D eigenvalue weighted by Gasteiger charge is -2.28. The van der Waals surface area contributed by atoms with Crippen molar-refractivity contribution in [2.24, 2.45) is 0 Å². The molecule has 0 atom stereocenters. The summed E-state index contributed by atoms with van der Waals surface area (Å²) in [6.45, 7) is 2.81. The van der Waals surface area contributed by atoms with Crippen molar-refractivity contribution >= 4 is 21.7 Å². The predicted molar refractivity (Wildman–Crippen MR) is 99.6 cm³/mol. The second-order valence-corrected chi connectivity index (χ2v) is 8.66. The molecule has 1 saturated heterocycles. The number of nitrogens with zero attached hydrogens (tertiary/aromatic N) is 3. The van der Waals surface area contributed by atoms with Crippen LogP contribution in [-0.4, -0.2) is 54.6 Å². The number of carbonyl (C=O) groups is 2. The van der Waals surface area contributed by atoms with Crippen LogP contribution in [0.15, 0.2) is 47.6 Å². The first-order chi connectivity index (χ1) is 12.8. The van der Waals surface area contributed by atoms with Gasteiger partial charge in [-0.3, -0.25) is 19.6 Å². The maximum atomic E-state index is 12.7. The third kappa shape index (κ3) is 4.33. The van der Waals surface area contributed by atoms with E-state index >= 15 is 0 Å². The van der Waals surface area contributed by atoms with Gasteiger partial charge in [0.1, 0.15) is 0 Å².